The Hall–Kier alpha value is -3.80. The molecule has 0 spiro atoms. The number of ether oxygens (including phenoxy) is 1. The lowest BCUT2D eigenvalue weighted by Gasteiger charge is -2.13. The van der Waals surface area contributed by atoms with E-state index in [1.807, 2.05) is 0 Å². The van der Waals surface area contributed by atoms with Crippen molar-refractivity contribution in [1.82, 2.24) is 16.2 Å². The molecule has 2 aromatic rings. The molecule has 1 atom stereocenters. The van der Waals surface area contributed by atoms with Crippen LogP contribution >= 0.6 is 0 Å². The second-order valence-corrected chi connectivity index (χ2v) is 7.72. The van der Waals surface area contributed by atoms with Gasteiger partial charge >= 0.3 is 6.03 Å². The number of hydrogen-bond donors (Lipinski definition) is 5. The van der Waals surface area contributed by atoms with Crippen LogP contribution in [0.4, 0.5) is 10.5 Å². The van der Waals surface area contributed by atoms with Crippen LogP contribution in [0.1, 0.15) is 17.3 Å². The number of amides is 4. The molecule has 0 aromatic heterocycles. The van der Waals surface area contributed by atoms with E-state index < -0.39 is 33.9 Å². The van der Waals surface area contributed by atoms with Gasteiger partial charge in [0.05, 0.1) is 12.0 Å². The molecule has 0 aliphatic carbocycles. The van der Waals surface area contributed by atoms with Crippen molar-refractivity contribution in [3.8, 4) is 5.75 Å². The standard InChI is InChI=1S/C18H21N5O6S/c1-11(20-18(19)26)16(24)21-22-17(25)12-4-3-5-15(10-12)30(27,28)23-13-6-8-14(29-2)9-7-13/h3-11,23H,1-2H3,(H,21,24)(H,22,25)(H3,19,20,26)/t11-/m1/s1. The van der Waals surface area contributed by atoms with Crippen LogP contribution in [0.5, 0.6) is 5.75 Å². The van der Waals surface area contributed by atoms with Crippen molar-refractivity contribution in [1.29, 1.82) is 0 Å². The summed E-state index contributed by atoms with van der Waals surface area (Å²) in [6.45, 7) is 1.37. The number of hydrazine groups is 1. The first-order chi connectivity index (χ1) is 14.1. The van der Waals surface area contributed by atoms with E-state index in [-0.39, 0.29) is 10.5 Å². The van der Waals surface area contributed by atoms with Crippen LogP contribution in [0.2, 0.25) is 0 Å². The molecule has 2 rings (SSSR count). The molecule has 0 radical (unpaired) electrons. The van der Waals surface area contributed by atoms with Gasteiger partial charge in [-0.2, -0.15) is 0 Å². The third kappa shape index (κ3) is 6.10. The SMILES string of the molecule is COc1ccc(NS(=O)(=O)c2cccc(C(=O)NNC(=O)[C@@H](C)NC(N)=O)c2)cc1. The number of methoxy groups -OCH3 is 1. The highest BCUT2D eigenvalue weighted by atomic mass is 32.2. The fourth-order valence-corrected chi connectivity index (χ4v) is 3.36. The third-order valence-electron chi connectivity index (χ3n) is 3.80. The maximum absolute atomic E-state index is 12.6. The van der Waals surface area contributed by atoms with Crippen LogP contribution in [-0.4, -0.2) is 39.4 Å². The zero-order valence-corrected chi connectivity index (χ0v) is 16.9. The predicted octanol–water partition coefficient (Wildman–Crippen LogP) is 0.314. The van der Waals surface area contributed by atoms with Gasteiger partial charge in [-0.3, -0.25) is 25.2 Å². The van der Waals surface area contributed by atoms with Gasteiger partial charge in [-0.15, -0.1) is 0 Å². The zero-order chi connectivity index (χ0) is 22.3. The van der Waals surface area contributed by atoms with Gasteiger partial charge in [0.2, 0.25) is 0 Å². The first kappa shape index (κ1) is 22.5. The van der Waals surface area contributed by atoms with Gasteiger partial charge < -0.3 is 15.8 Å². The lowest BCUT2D eigenvalue weighted by molar-refractivity contribution is -0.123. The number of anilines is 1. The predicted molar refractivity (Wildman–Crippen MR) is 108 cm³/mol. The minimum Gasteiger partial charge on any atom is -0.497 e. The second kappa shape index (κ2) is 9.60. The molecule has 4 amide bonds. The zero-order valence-electron chi connectivity index (χ0n) is 16.1. The molecular weight excluding hydrogens is 414 g/mol. The summed E-state index contributed by atoms with van der Waals surface area (Å²) in [5.41, 5.74) is 9.47. The van der Waals surface area contributed by atoms with Crippen LogP contribution in [0, 0.1) is 0 Å². The highest BCUT2D eigenvalue weighted by Crippen LogP contribution is 2.20. The molecule has 160 valence electrons. The largest absolute Gasteiger partial charge is 0.497 e. The van der Waals surface area contributed by atoms with Crippen LogP contribution in [0.15, 0.2) is 53.4 Å². The molecule has 0 saturated carbocycles. The molecule has 0 heterocycles. The van der Waals surface area contributed by atoms with Gasteiger partial charge in [-0.05, 0) is 49.4 Å². The fourth-order valence-electron chi connectivity index (χ4n) is 2.26. The van der Waals surface area contributed by atoms with E-state index in [0.717, 1.165) is 6.07 Å². The Labute approximate surface area is 173 Å². The number of urea groups is 1. The first-order valence-electron chi connectivity index (χ1n) is 8.55. The molecule has 2 aromatic carbocycles. The Morgan fingerprint density at radius 1 is 1.03 bits per heavy atom. The number of carbonyl (C=O) groups is 3. The highest BCUT2D eigenvalue weighted by molar-refractivity contribution is 7.92. The third-order valence-corrected chi connectivity index (χ3v) is 5.18. The number of benzene rings is 2. The lowest BCUT2D eigenvalue weighted by atomic mass is 10.2. The number of rotatable bonds is 7. The summed E-state index contributed by atoms with van der Waals surface area (Å²) in [6.07, 6.45) is 0. The number of primary amides is 1. The second-order valence-electron chi connectivity index (χ2n) is 6.04. The van der Waals surface area contributed by atoms with Crippen LogP contribution < -0.4 is 31.4 Å². The Balaban J connectivity index is 2.07. The molecule has 11 nitrogen and oxygen atoms in total. The normalized spacial score (nSPS) is 11.7. The Bertz CT molecular complexity index is 1040. The monoisotopic (exact) mass is 435 g/mol. The minimum atomic E-state index is -3.97. The van der Waals surface area contributed by atoms with E-state index in [1.165, 1.54) is 44.4 Å². The van der Waals surface area contributed by atoms with E-state index in [4.69, 9.17) is 10.5 Å². The molecule has 0 unspecified atom stereocenters. The van der Waals surface area contributed by atoms with E-state index >= 15 is 0 Å². The number of hydrogen-bond acceptors (Lipinski definition) is 6. The summed E-state index contributed by atoms with van der Waals surface area (Å²) in [5, 5.41) is 2.15. The molecular formula is C18H21N5O6S. The van der Waals surface area contributed by atoms with Crippen molar-refractivity contribution in [3.63, 3.8) is 0 Å². The summed E-state index contributed by atoms with van der Waals surface area (Å²) < 4.78 is 32.6. The first-order valence-corrected chi connectivity index (χ1v) is 10.0. The molecule has 0 saturated heterocycles. The van der Waals surface area contributed by atoms with Gasteiger partial charge in [0.1, 0.15) is 11.8 Å². The van der Waals surface area contributed by atoms with E-state index in [1.54, 1.807) is 12.1 Å². The number of nitrogens with two attached hydrogens (primary N) is 1. The van der Waals surface area contributed by atoms with Gasteiger partial charge in [-0.25, -0.2) is 13.2 Å². The van der Waals surface area contributed by atoms with Crippen LogP contribution in [-0.2, 0) is 14.8 Å². The van der Waals surface area contributed by atoms with Gasteiger partial charge in [0.25, 0.3) is 21.8 Å². The van der Waals surface area contributed by atoms with E-state index in [9.17, 15) is 22.8 Å². The van der Waals surface area contributed by atoms with Crippen molar-refractivity contribution in [2.75, 3.05) is 11.8 Å². The summed E-state index contributed by atoms with van der Waals surface area (Å²) in [4.78, 5) is 34.6. The molecule has 0 aliphatic heterocycles. The maximum atomic E-state index is 12.6. The molecule has 6 N–H and O–H groups in total. The summed E-state index contributed by atoms with van der Waals surface area (Å²) in [7, 11) is -2.47. The van der Waals surface area contributed by atoms with Crippen molar-refractivity contribution in [3.05, 3.63) is 54.1 Å². The summed E-state index contributed by atoms with van der Waals surface area (Å²) in [5.74, 6) is -0.901. The molecule has 0 bridgehead atoms. The summed E-state index contributed by atoms with van der Waals surface area (Å²) in [6, 6.07) is 9.60. The Morgan fingerprint density at radius 3 is 2.30 bits per heavy atom. The van der Waals surface area contributed by atoms with Crippen LogP contribution in [0.3, 0.4) is 0 Å². The number of nitrogens with one attached hydrogen (secondary N) is 4. The van der Waals surface area contributed by atoms with Crippen molar-refractivity contribution in [2.24, 2.45) is 5.73 Å². The van der Waals surface area contributed by atoms with Crippen molar-refractivity contribution < 1.29 is 27.5 Å². The Kier molecular flexibility index (Phi) is 7.20. The molecule has 0 aliphatic rings. The van der Waals surface area contributed by atoms with E-state index in [2.05, 4.69) is 20.9 Å². The minimum absolute atomic E-state index is 0.0107. The fraction of sp³-hybridized carbons (Fsp3) is 0.167. The van der Waals surface area contributed by atoms with Crippen molar-refractivity contribution >= 4 is 33.6 Å². The average molecular weight is 435 g/mol. The topological polar surface area (TPSA) is 169 Å². The highest BCUT2D eigenvalue weighted by Gasteiger charge is 2.18. The van der Waals surface area contributed by atoms with Gasteiger partial charge in [0, 0.05) is 11.3 Å². The summed E-state index contributed by atoms with van der Waals surface area (Å²) >= 11 is 0. The quantitative estimate of drug-likeness (QED) is 0.392. The van der Waals surface area contributed by atoms with Crippen LogP contribution in [0.25, 0.3) is 0 Å². The molecule has 30 heavy (non-hydrogen) atoms. The Morgan fingerprint density at radius 2 is 1.70 bits per heavy atom. The van der Waals surface area contributed by atoms with Gasteiger partial charge in [0.15, 0.2) is 0 Å². The maximum Gasteiger partial charge on any atom is 0.312 e. The van der Waals surface area contributed by atoms with Crippen molar-refractivity contribution in [2.45, 2.75) is 17.9 Å². The molecule has 0 fully saturated rings. The lowest BCUT2D eigenvalue weighted by Crippen LogP contribution is -2.52. The average Bonchev–Trinajstić information content (AvgIpc) is 2.71. The number of sulfonamides is 1. The van der Waals surface area contributed by atoms with Gasteiger partial charge in [-0.1, -0.05) is 6.07 Å². The van der Waals surface area contributed by atoms with E-state index in [0.29, 0.717) is 11.4 Å². The smallest absolute Gasteiger partial charge is 0.312 e. The number of carbonyl (C=O) groups excluding carboxylic acids is 3. The molecule has 12 heteroatoms.